The lowest BCUT2D eigenvalue weighted by Gasteiger charge is -2.31. The first-order chi connectivity index (χ1) is 16.2. The van der Waals surface area contributed by atoms with Crippen LogP contribution in [0.2, 0.25) is 0 Å². The molecule has 0 aliphatic carbocycles. The summed E-state index contributed by atoms with van der Waals surface area (Å²) in [5.74, 6) is -1.25. The van der Waals surface area contributed by atoms with Gasteiger partial charge in [-0.25, -0.2) is 12.8 Å². The summed E-state index contributed by atoms with van der Waals surface area (Å²) in [5.41, 5.74) is 1.03. The number of likely N-dealkylation sites (tertiary alicyclic amines) is 1. The van der Waals surface area contributed by atoms with E-state index in [2.05, 4.69) is 10.0 Å². The van der Waals surface area contributed by atoms with Crippen LogP contribution in [0, 0.1) is 18.7 Å². The van der Waals surface area contributed by atoms with E-state index in [-0.39, 0.29) is 34.7 Å². The first-order valence-corrected chi connectivity index (χ1v) is 12.2. The van der Waals surface area contributed by atoms with Crippen LogP contribution < -0.4 is 10.0 Å². The van der Waals surface area contributed by atoms with E-state index in [1.54, 1.807) is 36.1 Å². The Morgan fingerprint density at radius 1 is 1.09 bits per heavy atom. The van der Waals surface area contributed by atoms with Crippen LogP contribution in [-0.4, -0.2) is 38.2 Å². The Labute approximate surface area is 196 Å². The number of sulfonamides is 1. The molecular formula is C24H24FN3O5S. The highest BCUT2D eigenvalue weighted by Gasteiger charge is 2.30. The molecule has 2 N–H and O–H groups in total. The second kappa shape index (κ2) is 9.68. The van der Waals surface area contributed by atoms with Crippen molar-refractivity contribution >= 4 is 33.2 Å². The number of nitrogens with zero attached hydrogens (tertiary/aromatic N) is 1. The molecule has 0 radical (unpaired) electrons. The summed E-state index contributed by atoms with van der Waals surface area (Å²) in [6.07, 6.45) is 2.70. The van der Waals surface area contributed by atoms with Crippen molar-refractivity contribution in [2.75, 3.05) is 23.1 Å². The third-order valence-electron chi connectivity index (χ3n) is 5.65. The average Bonchev–Trinajstić information content (AvgIpc) is 3.36. The van der Waals surface area contributed by atoms with Gasteiger partial charge in [-0.15, -0.1) is 0 Å². The van der Waals surface area contributed by atoms with Crippen molar-refractivity contribution < 1.29 is 26.8 Å². The molecule has 10 heteroatoms. The predicted octanol–water partition coefficient (Wildman–Crippen LogP) is 4.02. The number of benzene rings is 2. The molecule has 8 nitrogen and oxygen atoms in total. The molecule has 0 saturated carbocycles. The molecule has 1 aliphatic rings. The van der Waals surface area contributed by atoms with Gasteiger partial charge in [-0.2, -0.15) is 0 Å². The molecule has 1 aliphatic heterocycles. The van der Waals surface area contributed by atoms with Gasteiger partial charge in [0.25, 0.3) is 15.9 Å². The van der Waals surface area contributed by atoms with Gasteiger partial charge in [0.1, 0.15) is 5.82 Å². The SMILES string of the molecule is Cc1ccc(NC(=O)[C@H]2CCCN(C(=O)c3ccco3)C2)cc1S(=O)(=O)Nc1ccc(F)cc1. The van der Waals surface area contributed by atoms with E-state index in [0.29, 0.717) is 30.6 Å². The van der Waals surface area contributed by atoms with Gasteiger partial charge in [0.05, 0.1) is 17.1 Å². The lowest BCUT2D eigenvalue weighted by molar-refractivity contribution is -0.121. The Hall–Kier alpha value is -3.66. The zero-order valence-corrected chi connectivity index (χ0v) is 19.3. The van der Waals surface area contributed by atoms with Gasteiger partial charge in [0, 0.05) is 24.5 Å². The topological polar surface area (TPSA) is 109 Å². The molecule has 34 heavy (non-hydrogen) atoms. The van der Waals surface area contributed by atoms with Crippen LogP contribution >= 0.6 is 0 Å². The molecule has 2 amide bonds. The monoisotopic (exact) mass is 485 g/mol. The number of hydrogen-bond donors (Lipinski definition) is 2. The quantitative estimate of drug-likeness (QED) is 0.548. The van der Waals surface area contributed by atoms with Crippen LogP contribution in [-0.2, 0) is 14.8 Å². The number of rotatable bonds is 6. The minimum absolute atomic E-state index is 0.00658. The second-order valence-corrected chi connectivity index (χ2v) is 9.80. The number of anilines is 2. The van der Waals surface area contributed by atoms with E-state index in [1.807, 2.05) is 0 Å². The van der Waals surface area contributed by atoms with Crippen LogP contribution in [0.15, 0.2) is 70.2 Å². The van der Waals surface area contributed by atoms with E-state index in [0.717, 1.165) is 12.1 Å². The molecule has 178 valence electrons. The van der Waals surface area contributed by atoms with Crippen molar-refractivity contribution in [3.05, 3.63) is 78.0 Å². The number of hydrogen-bond acceptors (Lipinski definition) is 5. The number of halogens is 1. The minimum atomic E-state index is -3.97. The second-order valence-electron chi connectivity index (χ2n) is 8.15. The lowest BCUT2D eigenvalue weighted by Crippen LogP contribution is -2.43. The van der Waals surface area contributed by atoms with Crippen molar-refractivity contribution in [1.82, 2.24) is 4.90 Å². The fourth-order valence-corrected chi connectivity index (χ4v) is 5.20. The van der Waals surface area contributed by atoms with Crippen molar-refractivity contribution in [2.45, 2.75) is 24.7 Å². The van der Waals surface area contributed by atoms with Crippen LogP contribution in [0.1, 0.15) is 29.0 Å². The van der Waals surface area contributed by atoms with E-state index in [4.69, 9.17) is 4.42 Å². The Morgan fingerprint density at radius 2 is 1.82 bits per heavy atom. The molecule has 2 heterocycles. The number of nitrogens with one attached hydrogen (secondary N) is 2. The third kappa shape index (κ3) is 5.28. The molecular weight excluding hydrogens is 461 g/mol. The van der Waals surface area contributed by atoms with Crippen LogP contribution in [0.5, 0.6) is 0 Å². The van der Waals surface area contributed by atoms with Gasteiger partial charge in [-0.3, -0.25) is 14.3 Å². The molecule has 0 unspecified atom stereocenters. The third-order valence-corrected chi connectivity index (χ3v) is 7.18. The zero-order valence-electron chi connectivity index (χ0n) is 18.5. The number of carbonyl (C=O) groups excluding carboxylic acids is 2. The van der Waals surface area contributed by atoms with Crippen molar-refractivity contribution in [2.24, 2.45) is 5.92 Å². The molecule has 1 fully saturated rings. The molecule has 4 rings (SSSR count). The molecule has 2 aromatic carbocycles. The van der Waals surface area contributed by atoms with Gasteiger partial charge < -0.3 is 14.6 Å². The number of carbonyl (C=O) groups is 2. The molecule has 1 aromatic heterocycles. The molecule has 1 atom stereocenters. The van der Waals surface area contributed by atoms with Gasteiger partial charge in [0.15, 0.2) is 5.76 Å². The van der Waals surface area contributed by atoms with Crippen molar-refractivity contribution in [3.8, 4) is 0 Å². The highest BCUT2D eigenvalue weighted by molar-refractivity contribution is 7.92. The number of furan rings is 1. The normalized spacial score (nSPS) is 16.2. The Kier molecular flexibility index (Phi) is 6.69. The Bertz CT molecular complexity index is 1290. The van der Waals surface area contributed by atoms with Gasteiger partial charge in [-0.1, -0.05) is 6.07 Å². The summed E-state index contributed by atoms with van der Waals surface area (Å²) >= 11 is 0. The highest BCUT2D eigenvalue weighted by Crippen LogP contribution is 2.25. The maximum atomic E-state index is 13.1. The predicted molar refractivity (Wildman–Crippen MR) is 124 cm³/mol. The zero-order chi connectivity index (χ0) is 24.3. The van der Waals surface area contributed by atoms with Crippen LogP contribution in [0.3, 0.4) is 0 Å². The fraction of sp³-hybridized carbons (Fsp3) is 0.250. The smallest absolute Gasteiger partial charge is 0.289 e. The van der Waals surface area contributed by atoms with Gasteiger partial charge in [0.2, 0.25) is 5.91 Å². The lowest BCUT2D eigenvalue weighted by atomic mass is 9.96. The Morgan fingerprint density at radius 3 is 2.53 bits per heavy atom. The van der Waals surface area contributed by atoms with E-state index in [9.17, 15) is 22.4 Å². The average molecular weight is 486 g/mol. The molecule has 0 bridgehead atoms. The maximum absolute atomic E-state index is 13.1. The van der Waals surface area contributed by atoms with E-state index < -0.39 is 21.8 Å². The van der Waals surface area contributed by atoms with Gasteiger partial charge >= 0.3 is 0 Å². The van der Waals surface area contributed by atoms with Crippen molar-refractivity contribution in [3.63, 3.8) is 0 Å². The Balaban J connectivity index is 1.46. The fourth-order valence-electron chi connectivity index (χ4n) is 3.87. The van der Waals surface area contributed by atoms with Crippen molar-refractivity contribution in [1.29, 1.82) is 0 Å². The van der Waals surface area contributed by atoms with Crippen LogP contribution in [0.25, 0.3) is 0 Å². The molecule has 3 aromatic rings. The standard InChI is InChI=1S/C24H24FN3O5S/c1-16-6-9-20(14-22(16)34(31,32)27-19-10-7-18(25)8-11-19)26-23(29)17-4-2-12-28(15-17)24(30)21-5-3-13-33-21/h3,5-11,13-14,17,27H,2,4,12,15H2,1H3,(H,26,29)/t17-/m0/s1. The summed E-state index contributed by atoms with van der Waals surface area (Å²) in [4.78, 5) is 27.1. The van der Waals surface area contributed by atoms with E-state index >= 15 is 0 Å². The maximum Gasteiger partial charge on any atom is 0.289 e. The number of piperidine rings is 1. The summed E-state index contributed by atoms with van der Waals surface area (Å²) < 4.78 is 46.5. The molecule has 1 saturated heterocycles. The summed E-state index contributed by atoms with van der Waals surface area (Å²) in [7, 11) is -3.97. The van der Waals surface area contributed by atoms with Gasteiger partial charge in [-0.05, 0) is 73.9 Å². The summed E-state index contributed by atoms with van der Waals surface area (Å²) in [6, 6.07) is 12.8. The number of aryl methyl sites for hydroxylation is 1. The molecule has 0 spiro atoms. The minimum Gasteiger partial charge on any atom is -0.459 e. The van der Waals surface area contributed by atoms with Crippen LogP contribution in [0.4, 0.5) is 15.8 Å². The summed E-state index contributed by atoms with van der Waals surface area (Å²) in [5, 5.41) is 2.77. The van der Waals surface area contributed by atoms with E-state index in [1.165, 1.54) is 24.5 Å². The highest BCUT2D eigenvalue weighted by atomic mass is 32.2. The first kappa shape index (κ1) is 23.5. The first-order valence-electron chi connectivity index (χ1n) is 10.8. The number of amides is 2. The largest absolute Gasteiger partial charge is 0.459 e. The summed E-state index contributed by atoms with van der Waals surface area (Å²) in [6.45, 7) is 2.42.